The third kappa shape index (κ3) is 1.23. The van der Waals surface area contributed by atoms with Crippen molar-refractivity contribution in [1.29, 1.82) is 0 Å². The average molecular weight is 216 g/mol. The van der Waals surface area contributed by atoms with E-state index in [0.29, 0.717) is 12.3 Å². The zero-order valence-corrected chi connectivity index (χ0v) is 8.95. The molecule has 0 atom stereocenters. The molecule has 82 valence electrons. The van der Waals surface area contributed by atoms with E-state index in [2.05, 4.69) is 16.3 Å². The zero-order valence-electron chi connectivity index (χ0n) is 8.95. The standard InChI is InChI=1S/C12H12N2O2/c1-7-2-3-11-8(4-7)12-9(6-16-11)10(5-15)13-14-12/h2-4,15H,5-6H2,1H3,(H,13,14). The first-order chi connectivity index (χ1) is 7.79. The highest BCUT2D eigenvalue weighted by Gasteiger charge is 2.22. The van der Waals surface area contributed by atoms with Crippen LogP contribution in [0.3, 0.4) is 0 Å². The molecule has 2 heterocycles. The van der Waals surface area contributed by atoms with E-state index in [1.54, 1.807) is 0 Å². The van der Waals surface area contributed by atoms with Gasteiger partial charge >= 0.3 is 0 Å². The van der Waals surface area contributed by atoms with Gasteiger partial charge in [-0.1, -0.05) is 11.6 Å². The number of nitrogens with one attached hydrogen (secondary N) is 1. The van der Waals surface area contributed by atoms with E-state index in [-0.39, 0.29) is 6.61 Å². The third-order valence-electron chi connectivity index (χ3n) is 2.88. The predicted molar refractivity (Wildman–Crippen MR) is 59.0 cm³/mol. The fourth-order valence-electron chi connectivity index (χ4n) is 2.03. The Balaban J connectivity index is 2.22. The van der Waals surface area contributed by atoms with Crippen molar-refractivity contribution in [2.45, 2.75) is 20.1 Å². The Bertz CT molecular complexity index is 546. The Hall–Kier alpha value is -1.81. The van der Waals surface area contributed by atoms with Gasteiger partial charge in [0.15, 0.2) is 0 Å². The molecule has 1 aromatic heterocycles. The Morgan fingerprint density at radius 1 is 1.50 bits per heavy atom. The van der Waals surface area contributed by atoms with Crippen molar-refractivity contribution >= 4 is 0 Å². The highest BCUT2D eigenvalue weighted by atomic mass is 16.5. The summed E-state index contributed by atoms with van der Waals surface area (Å²) < 4.78 is 5.63. The molecule has 4 nitrogen and oxygen atoms in total. The van der Waals surface area contributed by atoms with E-state index < -0.39 is 0 Å². The molecule has 1 aromatic carbocycles. The Labute approximate surface area is 92.9 Å². The molecular weight excluding hydrogens is 204 g/mol. The largest absolute Gasteiger partial charge is 0.488 e. The van der Waals surface area contributed by atoms with Crippen LogP contribution in [0.1, 0.15) is 16.8 Å². The molecule has 3 rings (SSSR count). The summed E-state index contributed by atoms with van der Waals surface area (Å²) in [6.07, 6.45) is 0. The molecule has 0 radical (unpaired) electrons. The van der Waals surface area contributed by atoms with Crippen molar-refractivity contribution in [2.24, 2.45) is 0 Å². The van der Waals surface area contributed by atoms with Crippen LogP contribution < -0.4 is 4.74 Å². The highest BCUT2D eigenvalue weighted by molar-refractivity contribution is 5.73. The van der Waals surface area contributed by atoms with E-state index >= 15 is 0 Å². The van der Waals surface area contributed by atoms with Crippen molar-refractivity contribution in [2.75, 3.05) is 0 Å². The molecule has 0 unspecified atom stereocenters. The number of hydrogen-bond donors (Lipinski definition) is 2. The van der Waals surface area contributed by atoms with Crippen LogP contribution in [-0.4, -0.2) is 15.3 Å². The number of aromatic amines is 1. The number of aliphatic hydroxyl groups is 1. The predicted octanol–water partition coefficient (Wildman–Crippen LogP) is 1.77. The fraction of sp³-hybridized carbons (Fsp3) is 0.250. The minimum atomic E-state index is -0.0592. The van der Waals surface area contributed by atoms with Gasteiger partial charge in [-0.05, 0) is 19.1 Å². The smallest absolute Gasteiger partial charge is 0.129 e. The summed E-state index contributed by atoms with van der Waals surface area (Å²) in [4.78, 5) is 0. The van der Waals surface area contributed by atoms with Crippen LogP contribution in [-0.2, 0) is 13.2 Å². The third-order valence-corrected chi connectivity index (χ3v) is 2.88. The molecule has 0 aliphatic carbocycles. The number of fused-ring (bicyclic) bond motifs is 3. The summed E-state index contributed by atoms with van der Waals surface area (Å²) in [6.45, 7) is 2.45. The summed E-state index contributed by atoms with van der Waals surface area (Å²) in [5, 5.41) is 16.2. The second-order valence-electron chi connectivity index (χ2n) is 3.97. The van der Waals surface area contributed by atoms with Gasteiger partial charge in [-0.15, -0.1) is 0 Å². The lowest BCUT2D eigenvalue weighted by Gasteiger charge is -2.18. The molecule has 1 aliphatic rings. The Morgan fingerprint density at radius 2 is 2.38 bits per heavy atom. The van der Waals surface area contributed by atoms with Crippen molar-refractivity contribution in [3.8, 4) is 17.0 Å². The van der Waals surface area contributed by atoms with Crippen LogP contribution in [0.5, 0.6) is 5.75 Å². The lowest BCUT2D eigenvalue weighted by molar-refractivity contribution is 0.265. The van der Waals surface area contributed by atoms with E-state index in [1.807, 2.05) is 19.1 Å². The highest BCUT2D eigenvalue weighted by Crippen LogP contribution is 2.37. The van der Waals surface area contributed by atoms with Crippen molar-refractivity contribution < 1.29 is 9.84 Å². The Kier molecular flexibility index (Phi) is 1.97. The van der Waals surface area contributed by atoms with Gasteiger partial charge in [-0.25, -0.2) is 0 Å². The van der Waals surface area contributed by atoms with Gasteiger partial charge in [0, 0.05) is 11.1 Å². The molecule has 2 aromatic rings. The molecule has 0 saturated carbocycles. The molecular formula is C12H12N2O2. The Morgan fingerprint density at radius 3 is 3.19 bits per heavy atom. The minimum Gasteiger partial charge on any atom is -0.488 e. The minimum absolute atomic E-state index is 0.0592. The van der Waals surface area contributed by atoms with Crippen LogP contribution in [0.15, 0.2) is 18.2 Å². The summed E-state index contributed by atoms with van der Waals surface area (Å²) >= 11 is 0. The first kappa shape index (κ1) is 9.42. The first-order valence-electron chi connectivity index (χ1n) is 5.20. The fourth-order valence-corrected chi connectivity index (χ4v) is 2.03. The number of nitrogens with zero attached hydrogens (tertiary/aromatic N) is 1. The average Bonchev–Trinajstić information content (AvgIpc) is 2.72. The van der Waals surface area contributed by atoms with E-state index in [9.17, 15) is 0 Å². The van der Waals surface area contributed by atoms with Gasteiger partial charge < -0.3 is 9.84 Å². The number of rotatable bonds is 1. The first-order valence-corrected chi connectivity index (χ1v) is 5.20. The summed E-state index contributed by atoms with van der Waals surface area (Å²) in [6, 6.07) is 6.05. The van der Waals surface area contributed by atoms with Gasteiger partial charge in [0.1, 0.15) is 12.4 Å². The quantitative estimate of drug-likeness (QED) is 0.763. The second-order valence-corrected chi connectivity index (χ2v) is 3.97. The van der Waals surface area contributed by atoms with Crippen molar-refractivity contribution in [3.05, 3.63) is 35.0 Å². The molecule has 4 heteroatoms. The second kappa shape index (κ2) is 3.35. The number of aryl methyl sites for hydroxylation is 1. The van der Waals surface area contributed by atoms with Crippen LogP contribution >= 0.6 is 0 Å². The molecule has 0 spiro atoms. The number of ether oxygens (including phenoxy) is 1. The maximum atomic E-state index is 9.15. The molecule has 16 heavy (non-hydrogen) atoms. The summed E-state index contributed by atoms with van der Waals surface area (Å²) in [7, 11) is 0. The van der Waals surface area contributed by atoms with Gasteiger partial charge in [0.2, 0.25) is 0 Å². The van der Waals surface area contributed by atoms with Gasteiger partial charge in [-0.3, -0.25) is 5.10 Å². The van der Waals surface area contributed by atoms with E-state index in [1.165, 1.54) is 5.56 Å². The summed E-state index contributed by atoms with van der Waals surface area (Å²) in [5.41, 5.74) is 4.79. The van der Waals surface area contributed by atoms with Crippen molar-refractivity contribution in [3.63, 3.8) is 0 Å². The topological polar surface area (TPSA) is 58.1 Å². The normalized spacial score (nSPS) is 12.9. The van der Waals surface area contributed by atoms with Crippen LogP contribution in [0, 0.1) is 6.92 Å². The zero-order chi connectivity index (χ0) is 11.1. The number of aliphatic hydroxyl groups excluding tert-OH is 1. The van der Waals surface area contributed by atoms with Gasteiger partial charge in [-0.2, -0.15) is 5.10 Å². The number of hydrogen-bond acceptors (Lipinski definition) is 3. The maximum absolute atomic E-state index is 9.15. The molecule has 0 fully saturated rings. The van der Waals surface area contributed by atoms with Crippen molar-refractivity contribution in [1.82, 2.24) is 10.2 Å². The number of aromatic nitrogens is 2. The molecule has 0 saturated heterocycles. The van der Waals surface area contributed by atoms with E-state index in [0.717, 1.165) is 22.6 Å². The van der Waals surface area contributed by atoms with Crippen LogP contribution in [0.2, 0.25) is 0 Å². The molecule has 2 N–H and O–H groups in total. The van der Waals surface area contributed by atoms with Crippen LogP contribution in [0.4, 0.5) is 0 Å². The maximum Gasteiger partial charge on any atom is 0.129 e. The van der Waals surface area contributed by atoms with Gasteiger partial charge in [0.05, 0.1) is 18.0 Å². The lowest BCUT2D eigenvalue weighted by atomic mass is 10.0. The van der Waals surface area contributed by atoms with Crippen LogP contribution in [0.25, 0.3) is 11.3 Å². The number of H-pyrrole nitrogens is 1. The SMILES string of the molecule is Cc1ccc2c(c1)-c1[nH]nc(CO)c1CO2. The monoisotopic (exact) mass is 216 g/mol. The molecule has 1 aliphatic heterocycles. The van der Waals surface area contributed by atoms with Gasteiger partial charge in [0.25, 0.3) is 0 Å². The lowest BCUT2D eigenvalue weighted by Crippen LogP contribution is -2.06. The summed E-state index contributed by atoms with van der Waals surface area (Å²) in [5.74, 6) is 0.867. The number of benzene rings is 1. The van der Waals surface area contributed by atoms with E-state index in [4.69, 9.17) is 9.84 Å². The molecule has 0 amide bonds. The molecule has 0 bridgehead atoms.